The lowest BCUT2D eigenvalue weighted by molar-refractivity contribution is 0.758. The summed E-state index contributed by atoms with van der Waals surface area (Å²) in [6.07, 6.45) is 7.91. The molecule has 18 heavy (non-hydrogen) atoms. The lowest BCUT2D eigenvalue weighted by atomic mass is 10.2. The zero-order valence-corrected chi connectivity index (χ0v) is 11.3. The van der Waals surface area contributed by atoms with Crippen molar-refractivity contribution < 1.29 is 0 Å². The second-order valence-corrected chi connectivity index (χ2v) is 5.79. The number of rotatable bonds is 3. The van der Waals surface area contributed by atoms with Gasteiger partial charge in [-0.15, -0.1) is 0 Å². The molecule has 94 valence electrons. The highest BCUT2D eigenvalue weighted by atomic mass is 32.2. The van der Waals surface area contributed by atoms with E-state index in [2.05, 4.69) is 21.5 Å². The number of fused-ring (bicyclic) bond motifs is 1. The topological polar surface area (TPSA) is 37.8 Å². The number of para-hydroxylation sites is 1. The summed E-state index contributed by atoms with van der Waals surface area (Å²) in [5.41, 5.74) is 1.01. The standard InChI is InChI=1S/C14H17N3S/c1-18-13-8-4-7-12(13)17-14-15-9-10-5-2-3-6-11(10)16-14/h2-3,5-6,9,12-13H,4,7-8H2,1H3,(H,15,16,17). The maximum Gasteiger partial charge on any atom is 0.223 e. The van der Waals surface area contributed by atoms with E-state index in [1.54, 1.807) is 0 Å². The minimum Gasteiger partial charge on any atom is -0.350 e. The summed E-state index contributed by atoms with van der Waals surface area (Å²) < 4.78 is 0. The van der Waals surface area contributed by atoms with E-state index < -0.39 is 0 Å². The van der Waals surface area contributed by atoms with E-state index in [1.807, 2.05) is 42.2 Å². The monoisotopic (exact) mass is 259 g/mol. The Bertz CT molecular complexity index is 543. The van der Waals surface area contributed by atoms with Crippen molar-refractivity contribution in [2.45, 2.75) is 30.6 Å². The van der Waals surface area contributed by atoms with Gasteiger partial charge < -0.3 is 5.32 Å². The fourth-order valence-corrected chi connectivity index (χ4v) is 3.52. The molecule has 1 fully saturated rings. The first-order valence-corrected chi connectivity index (χ1v) is 7.67. The largest absolute Gasteiger partial charge is 0.350 e. The molecule has 2 aromatic rings. The third-order valence-corrected chi connectivity index (χ3v) is 4.73. The van der Waals surface area contributed by atoms with Crippen molar-refractivity contribution in [3.63, 3.8) is 0 Å². The number of hydrogen-bond acceptors (Lipinski definition) is 4. The zero-order valence-electron chi connectivity index (χ0n) is 10.5. The van der Waals surface area contributed by atoms with Gasteiger partial charge in [0.1, 0.15) is 0 Å². The van der Waals surface area contributed by atoms with Crippen LogP contribution < -0.4 is 5.32 Å². The van der Waals surface area contributed by atoms with E-state index in [1.165, 1.54) is 19.3 Å². The highest BCUT2D eigenvalue weighted by molar-refractivity contribution is 7.99. The van der Waals surface area contributed by atoms with Crippen molar-refractivity contribution in [3.8, 4) is 0 Å². The molecular weight excluding hydrogens is 242 g/mol. The average Bonchev–Trinajstić information content (AvgIpc) is 2.86. The van der Waals surface area contributed by atoms with E-state index in [9.17, 15) is 0 Å². The Morgan fingerprint density at radius 1 is 1.28 bits per heavy atom. The summed E-state index contributed by atoms with van der Waals surface area (Å²) in [5, 5.41) is 5.28. The van der Waals surface area contributed by atoms with Crippen LogP contribution in [0.3, 0.4) is 0 Å². The van der Waals surface area contributed by atoms with Gasteiger partial charge in [-0.2, -0.15) is 11.8 Å². The molecule has 0 spiro atoms. The smallest absolute Gasteiger partial charge is 0.223 e. The number of hydrogen-bond donors (Lipinski definition) is 1. The molecule has 1 aliphatic carbocycles. The van der Waals surface area contributed by atoms with Crippen molar-refractivity contribution >= 4 is 28.6 Å². The van der Waals surface area contributed by atoms with E-state index >= 15 is 0 Å². The molecule has 1 aliphatic rings. The molecule has 1 saturated carbocycles. The summed E-state index contributed by atoms with van der Waals surface area (Å²) >= 11 is 1.95. The Labute approximate surface area is 111 Å². The predicted molar refractivity (Wildman–Crippen MR) is 78.1 cm³/mol. The Hall–Kier alpha value is -1.29. The number of thioether (sulfide) groups is 1. The third kappa shape index (κ3) is 2.29. The van der Waals surface area contributed by atoms with Crippen LogP contribution in [0.4, 0.5) is 5.95 Å². The number of anilines is 1. The number of aromatic nitrogens is 2. The molecule has 1 aromatic heterocycles. The Kier molecular flexibility index (Phi) is 3.37. The van der Waals surface area contributed by atoms with Crippen LogP contribution in [-0.4, -0.2) is 27.5 Å². The van der Waals surface area contributed by atoms with Crippen LogP contribution in [-0.2, 0) is 0 Å². The molecule has 3 rings (SSSR count). The van der Waals surface area contributed by atoms with Crippen LogP contribution in [0.1, 0.15) is 19.3 Å². The number of nitrogens with one attached hydrogen (secondary N) is 1. The molecule has 0 radical (unpaired) electrons. The third-order valence-electron chi connectivity index (χ3n) is 3.56. The lowest BCUT2D eigenvalue weighted by Crippen LogP contribution is -2.26. The first-order valence-electron chi connectivity index (χ1n) is 6.38. The van der Waals surface area contributed by atoms with E-state index in [0.717, 1.165) is 16.9 Å². The van der Waals surface area contributed by atoms with Crippen LogP contribution >= 0.6 is 11.8 Å². The molecular formula is C14H17N3S. The van der Waals surface area contributed by atoms with Crippen LogP contribution in [0.25, 0.3) is 10.9 Å². The fourth-order valence-electron chi connectivity index (χ4n) is 2.58. The van der Waals surface area contributed by atoms with Gasteiger partial charge in [-0.1, -0.05) is 24.6 Å². The number of nitrogens with zero attached hydrogens (tertiary/aromatic N) is 2. The van der Waals surface area contributed by atoms with Gasteiger partial charge in [0.05, 0.1) is 5.52 Å². The Morgan fingerprint density at radius 3 is 3.06 bits per heavy atom. The molecule has 3 nitrogen and oxygen atoms in total. The zero-order chi connectivity index (χ0) is 12.4. The highest BCUT2D eigenvalue weighted by Crippen LogP contribution is 2.30. The van der Waals surface area contributed by atoms with Crippen molar-refractivity contribution in [2.75, 3.05) is 11.6 Å². The summed E-state index contributed by atoms with van der Waals surface area (Å²) in [6.45, 7) is 0. The van der Waals surface area contributed by atoms with E-state index in [-0.39, 0.29) is 0 Å². The van der Waals surface area contributed by atoms with Crippen molar-refractivity contribution in [1.82, 2.24) is 9.97 Å². The van der Waals surface area contributed by atoms with Gasteiger partial charge in [0.2, 0.25) is 5.95 Å². The molecule has 0 amide bonds. The molecule has 1 heterocycles. The summed E-state index contributed by atoms with van der Waals surface area (Å²) in [6, 6.07) is 8.61. The summed E-state index contributed by atoms with van der Waals surface area (Å²) in [5.74, 6) is 0.764. The van der Waals surface area contributed by atoms with Crippen molar-refractivity contribution in [2.24, 2.45) is 0 Å². The van der Waals surface area contributed by atoms with Gasteiger partial charge in [0.15, 0.2) is 0 Å². The number of benzene rings is 1. The SMILES string of the molecule is CSC1CCCC1Nc1ncc2ccccc2n1. The van der Waals surface area contributed by atoms with E-state index in [0.29, 0.717) is 11.3 Å². The fraction of sp³-hybridized carbons (Fsp3) is 0.429. The molecule has 0 bridgehead atoms. The highest BCUT2D eigenvalue weighted by Gasteiger charge is 2.26. The summed E-state index contributed by atoms with van der Waals surface area (Å²) in [4.78, 5) is 8.98. The Morgan fingerprint density at radius 2 is 2.17 bits per heavy atom. The van der Waals surface area contributed by atoms with Gasteiger partial charge >= 0.3 is 0 Å². The average molecular weight is 259 g/mol. The molecule has 1 aromatic carbocycles. The molecule has 0 aliphatic heterocycles. The lowest BCUT2D eigenvalue weighted by Gasteiger charge is -2.19. The first kappa shape index (κ1) is 11.8. The normalized spacial score (nSPS) is 23.4. The van der Waals surface area contributed by atoms with Gasteiger partial charge in [-0.3, -0.25) is 0 Å². The van der Waals surface area contributed by atoms with Crippen LogP contribution in [0.2, 0.25) is 0 Å². The first-order chi connectivity index (χ1) is 8.86. The second-order valence-electron chi connectivity index (χ2n) is 4.71. The predicted octanol–water partition coefficient (Wildman–Crippen LogP) is 3.33. The maximum atomic E-state index is 4.58. The quantitative estimate of drug-likeness (QED) is 0.917. The van der Waals surface area contributed by atoms with Gasteiger partial charge in [0.25, 0.3) is 0 Å². The minimum atomic E-state index is 0.515. The van der Waals surface area contributed by atoms with Crippen molar-refractivity contribution in [3.05, 3.63) is 30.5 Å². The van der Waals surface area contributed by atoms with Crippen LogP contribution in [0.15, 0.2) is 30.5 Å². The summed E-state index contributed by atoms with van der Waals surface area (Å²) in [7, 11) is 0. The molecule has 4 heteroatoms. The molecule has 2 atom stereocenters. The molecule has 0 saturated heterocycles. The van der Waals surface area contributed by atoms with Gasteiger partial charge in [0, 0.05) is 22.9 Å². The van der Waals surface area contributed by atoms with Crippen molar-refractivity contribution in [1.29, 1.82) is 0 Å². The Balaban J connectivity index is 1.82. The van der Waals surface area contributed by atoms with E-state index in [4.69, 9.17) is 0 Å². The molecule has 1 N–H and O–H groups in total. The second kappa shape index (κ2) is 5.14. The van der Waals surface area contributed by atoms with Gasteiger partial charge in [-0.05, 0) is 25.2 Å². The van der Waals surface area contributed by atoms with Gasteiger partial charge in [-0.25, -0.2) is 9.97 Å². The van der Waals surface area contributed by atoms with Crippen LogP contribution in [0.5, 0.6) is 0 Å². The van der Waals surface area contributed by atoms with Crippen LogP contribution in [0, 0.1) is 0 Å². The molecule has 2 unspecified atom stereocenters. The minimum absolute atomic E-state index is 0.515. The maximum absolute atomic E-state index is 4.58.